The van der Waals surface area contributed by atoms with Gasteiger partial charge in [-0.15, -0.1) is 23.2 Å². The summed E-state index contributed by atoms with van der Waals surface area (Å²) in [6, 6.07) is 0. The summed E-state index contributed by atoms with van der Waals surface area (Å²) in [5.41, 5.74) is 0.0231. The fourth-order valence-corrected chi connectivity index (χ4v) is 0.468. The van der Waals surface area contributed by atoms with Crippen LogP contribution in [0.4, 0.5) is 0 Å². The molecule has 1 saturated heterocycles. The summed E-state index contributed by atoms with van der Waals surface area (Å²) >= 11 is 15.7. The maximum atomic E-state index is 8.12. The van der Waals surface area contributed by atoms with Crippen molar-refractivity contribution in [1.82, 2.24) is 0 Å². The first-order valence-corrected chi connectivity index (χ1v) is 4.63. The molecule has 1 rings (SSSR count). The Morgan fingerprint density at radius 1 is 1.64 bits per heavy atom. The minimum atomic E-state index is -0.272. The Kier molecular flexibility index (Phi) is 6.78. The predicted octanol–water partition coefficient (Wildman–Crippen LogP) is 1.79. The number of rotatable bonds is 2. The van der Waals surface area contributed by atoms with Gasteiger partial charge in [0.05, 0.1) is 18.1 Å². The average Bonchev–Trinajstić information content (AvgIpc) is 2.64. The molecule has 1 heterocycles. The first-order chi connectivity index (χ1) is 5.11. The minimum Gasteiger partial charge on any atom is -0.395 e. The second-order valence-electron chi connectivity index (χ2n) is 2.13. The Morgan fingerprint density at radius 3 is 2.00 bits per heavy atom. The second kappa shape index (κ2) is 6.32. The fraction of sp³-hybridized carbons (Fsp3) is 1.00. The lowest BCUT2D eigenvalue weighted by Crippen LogP contribution is -2.04. The molecular weight excluding hydrogens is 210 g/mol. The van der Waals surface area contributed by atoms with E-state index < -0.39 is 0 Å². The fourth-order valence-electron chi connectivity index (χ4n) is 0.208. The van der Waals surface area contributed by atoms with Crippen molar-refractivity contribution in [2.45, 2.75) is 24.0 Å². The number of epoxide rings is 1. The van der Waals surface area contributed by atoms with E-state index in [-0.39, 0.29) is 17.5 Å². The van der Waals surface area contributed by atoms with E-state index >= 15 is 0 Å². The normalized spacial score (nSPS) is 30.3. The lowest BCUT2D eigenvalue weighted by atomic mass is 10.5. The molecule has 1 aliphatic heterocycles. The van der Waals surface area contributed by atoms with Gasteiger partial charge in [0.1, 0.15) is 0 Å². The van der Waals surface area contributed by atoms with Crippen LogP contribution in [-0.2, 0) is 4.74 Å². The van der Waals surface area contributed by atoms with Crippen molar-refractivity contribution in [2.24, 2.45) is 0 Å². The monoisotopic (exact) mass is 220 g/mol. The summed E-state index contributed by atoms with van der Waals surface area (Å²) in [5, 5.41) is 7.85. The maximum Gasteiger partial charge on any atom is 0.157 e. The van der Waals surface area contributed by atoms with Crippen LogP contribution < -0.4 is 0 Å². The number of hydrogen-bond donors (Lipinski definition) is 1. The van der Waals surface area contributed by atoms with E-state index in [0.29, 0.717) is 12.0 Å². The smallest absolute Gasteiger partial charge is 0.157 e. The molecule has 1 aliphatic rings. The van der Waals surface area contributed by atoms with Crippen LogP contribution in [0.2, 0.25) is 0 Å². The summed E-state index contributed by atoms with van der Waals surface area (Å²) in [5.74, 6) is 0.318. The molecule has 68 valence electrons. The quantitative estimate of drug-likeness (QED) is 0.570. The van der Waals surface area contributed by atoms with Gasteiger partial charge in [-0.1, -0.05) is 11.6 Å². The maximum absolute atomic E-state index is 8.12. The Bertz CT molecular complexity index is 91.8. The zero-order chi connectivity index (χ0) is 8.85. The van der Waals surface area contributed by atoms with E-state index in [9.17, 15) is 0 Å². The number of hydrogen-bond acceptors (Lipinski definition) is 2. The molecule has 0 radical (unpaired) electrons. The molecular formula is C6H11Cl3O2. The van der Waals surface area contributed by atoms with Crippen LogP contribution in [0, 0.1) is 0 Å². The Hall–Kier alpha value is 0.790. The van der Waals surface area contributed by atoms with E-state index in [1.54, 1.807) is 0 Å². The molecule has 0 aliphatic carbocycles. The van der Waals surface area contributed by atoms with Gasteiger partial charge in [-0.25, -0.2) is 0 Å². The van der Waals surface area contributed by atoms with Crippen LogP contribution in [-0.4, -0.2) is 34.6 Å². The molecule has 1 fully saturated rings. The van der Waals surface area contributed by atoms with Crippen molar-refractivity contribution in [3.05, 3.63) is 0 Å². The summed E-state index contributed by atoms with van der Waals surface area (Å²) in [4.78, 5) is 0. The molecule has 5 heteroatoms. The standard InChI is InChI=1S/C3H6Cl2O.C3H5ClO/c4-1-3(5)2-6;1-2-3(4)5-2/h3,6H,1-2H2;2-3H,1H3. The van der Waals surface area contributed by atoms with E-state index in [2.05, 4.69) is 4.74 Å². The van der Waals surface area contributed by atoms with Gasteiger partial charge in [-0.05, 0) is 6.92 Å². The summed E-state index contributed by atoms with van der Waals surface area (Å²) in [6.45, 7) is 1.91. The third kappa shape index (κ3) is 7.16. The van der Waals surface area contributed by atoms with E-state index in [4.69, 9.17) is 39.9 Å². The zero-order valence-electron chi connectivity index (χ0n) is 6.14. The lowest BCUT2D eigenvalue weighted by molar-refractivity contribution is 0.299. The number of aliphatic hydroxyl groups is 1. The second-order valence-corrected chi connectivity index (χ2v) is 3.48. The van der Waals surface area contributed by atoms with Gasteiger partial charge in [0, 0.05) is 5.88 Å². The van der Waals surface area contributed by atoms with Gasteiger partial charge in [-0.3, -0.25) is 0 Å². The third-order valence-corrected chi connectivity index (χ3v) is 2.28. The van der Waals surface area contributed by atoms with Crippen molar-refractivity contribution in [1.29, 1.82) is 0 Å². The van der Waals surface area contributed by atoms with Crippen molar-refractivity contribution in [3.8, 4) is 0 Å². The SMILES string of the molecule is CC1OC1Cl.OCC(Cl)CCl. The predicted molar refractivity (Wildman–Crippen MR) is 47.6 cm³/mol. The highest BCUT2D eigenvalue weighted by Gasteiger charge is 2.30. The van der Waals surface area contributed by atoms with E-state index in [0.717, 1.165) is 0 Å². The highest BCUT2D eigenvalue weighted by atomic mass is 35.5. The molecule has 1 N–H and O–H groups in total. The Morgan fingerprint density at radius 2 is 2.00 bits per heavy atom. The van der Waals surface area contributed by atoms with Crippen molar-refractivity contribution >= 4 is 34.8 Å². The summed E-state index contributed by atoms with van der Waals surface area (Å²) < 4.78 is 4.68. The number of ether oxygens (including phenoxy) is 1. The van der Waals surface area contributed by atoms with Crippen LogP contribution in [0.25, 0.3) is 0 Å². The average molecular weight is 222 g/mol. The van der Waals surface area contributed by atoms with Crippen LogP contribution >= 0.6 is 34.8 Å². The molecule has 3 unspecified atom stereocenters. The first-order valence-electron chi connectivity index (χ1n) is 3.22. The zero-order valence-corrected chi connectivity index (χ0v) is 8.40. The van der Waals surface area contributed by atoms with Crippen molar-refractivity contribution in [2.75, 3.05) is 12.5 Å². The summed E-state index contributed by atoms with van der Waals surface area (Å²) in [7, 11) is 0. The highest BCUT2D eigenvalue weighted by molar-refractivity contribution is 6.28. The third-order valence-electron chi connectivity index (χ3n) is 1.00. The Labute approximate surface area is 81.4 Å². The van der Waals surface area contributed by atoms with Gasteiger partial charge in [-0.2, -0.15) is 0 Å². The Balaban J connectivity index is 0.000000183. The molecule has 3 atom stereocenters. The molecule has 0 aromatic heterocycles. The molecule has 0 spiro atoms. The molecule has 0 aromatic carbocycles. The van der Waals surface area contributed by atoms with Gasteiger partial charge in [0.15, 0.2) is 5.56 Å². The number of alkyl halides is 3. The van der Waals surface area contributed by atoms with E-state index in [1.165, 1.54) is 0 Å². The van der Waals surface area contributed by atoms with Crippen LogP contribution in [0.15, 0.2) is 0 Å². The van der Waals surface area contributed by atoms with Crippen LogP contribution in [0.1, 0.15) is 6.92 Å². The van der Waals surface area contributed by atoms with Crippen molar-refractivity contribution < 1.29 is 9.84 Å². The topological polar surface area (TPSA) is 32.8 Å². The van der Waals surface area contributed by atoms with E-state index in [1.807, 2.05) is 6.92 Å². The van der Waals surface area contributed by atoms with Crippen molar-refractivity contribution in [3.63, 3.8) is 0 Å². The number of aliphatic hydroxyl groups excluding tert-OH is 1. The molecule has 11 heavy (non-hydrogen) atoms. The molecule has 0 bridgehead atoms. The van der Waals surface area contributed by atoms with Gasteiger partial charge in [0.2, 0.25) is 0 Å². The minimum absolute atomic E-state index is 0.0231. The van der Waals surface area contributed by atoms with Crippen LogP contribution in [0.3, 0.4) is 0 Å². The van der Waals surface area contributed by atoms with Gasteiger partial charge >= 0.3 is 0 Å². The lowest BCUT2D eigenvalue weighted by Gasteiger charge is -1.93. The molecule has 0 saturated carbocycles. The molecule has 0 aromatic rings. The first kappa shape index (κ1) is 11.8. The molecule has 2 nitrogen and oxygen atoms in total. The molecule has 0 amide bonds. The van der Waals surface area contributed by atoms with Crippen LogP contribution in [0.5, 0.6) is 0 Å². The highest BCUT2D eigenvalue weighted by Crippen LogP contribution is 2.23. The van der Waals surface area contributed by atoms with Gasteiger partial charge in [0.25, 0.3) is 0 Å². The summed E-state index contributed by atoms with van der Waals surface area (Å²) in [6.07, 6.45) is 0.316. The van der Waals surface area contributed by atoms with Gasteiger partial charge < -0.3 is 9.84 Å². The number of halogens is 3. The largest absolute Gasteiger partial charge is 0.395 e.